The highest BCUT2D eigenvalue weighted by Gasteiger charge is 2.20. The van der Waals surface area contributed by atoms with Crippen molar-refractivity contribution in [2.75, 3.05) is 17.7 Å². The molecule has 1 heterocycles. The highest BCUT2D eigenvalue weighted by Crippen LogP contribution is 2.30. The summed E-state index contributed by atoms with van der Waals surface area (Å²) in [7, 11) is 1.78. The van der Waals surface area contributed by atoms with E-state index in [1.165, 1.54) is 103 Å². The van der Waals surface area contributed by atoms with Gasteiger partial charge in [0.1, 0.15) is 5.82 Å². The maximum Gasteiger partial charge on any atom is 0.232 e. The summed E-state index contributed by atoms with van der Waals surface area (Å²) in [5, 5.41) is 7.15. The minimum Gasteiger partial charge on any atom is -0.351 e. The van der Waals surface area contributed by atoms with E-state index in [0.29, 0.717) is 17.9 Å². The summed E-state index contributed by atoms with van der Waals surface area (Å²) in [6, 6.07) is 0.441. The smallest absolute Gasteiger partial charge is 0.232 e. The zero-order valence-corrected chi connectivity index (χ0v) is 21.6. The molecule has 0 saturated heterocycles. The third kappa shape index (κ3) is 9.55. The third-order valence-corrected chi connectivity index (χ3v) is 7.07. The number of anilines is 2. The zero-order valence-electron chi connectivity index (χ0n) is 21.6. The van der Waals surface area contributed by atoms with Gasteiger partial charge in [-0.2, -0.15) is 15.0 Å². The summed E-state index contributed by atoms with van der Waals surface area (Å²) in [5.74, 6) is 2.73. The second kappa shape index (κ2) is 15.6. The van der Waals surface area contributed by atoms with Crippen molar-refractivity contribution < 1.29 is 0 Å². The fraction of sp³-hybridized carbons (Fsp3) is 0.714. The monoisotopic (exact) mass is 466 g/mol. The van der Waals surface area contributed by atoms with Crippen LogP contribution in [0.2, 0.25) is 0 Å². The van der Waals surface area contributed by atoms with Gasteiger partial charge in [-0.3, -0.25) is 4.99 Å². The van der Waals surface area contributed by atoms with Crippen LogP contribution in [-0.4, -0.2) is 34.3 Å². The molecule has 2 aliphatic rings. The topological polar surface area (TPSA) is 75.1 Å². The minimum atomic E-state index is 0.416. The Morgan fingerprint density at radius 2 is 1.32 bits per heavy atom. The van der Waals surface area contributed by atoms with Crippen molar-refractivity contribution in [2.24, 2.45) is 4.99 Å². The van der Waals surface area contributed by atoms with Crippen LogP contribution in [0.25, 0.3) is 0 Å². The highest BCUT2D eigenvalue weighted by molar-refractivity contribution is 5.74. The van der Waals surface area contributed by atoms with Crippen LogP contribution in [0, 0.1) is 0 Å². The number of nitrogens with one attached hydrogen (secondary N) is 2. The molecule has 0 spiro atoms. The Kier molecular flexibility index (Phi) is 12.1. The van der Waals surface area contributed by atoms with Crippen molar-refractivity contribution in [3.05, 3.63) is 29.7 Å². The molecule has 6 heteroatoms. The Morgan fingerprint density at radius 3 is 1.91 bits per heavy atom. The van der Waals surface area contributed by atoms with Crippen LogP contribution in [0.4, 0.5) is 11.9 Å². The van der Waals surface area contributed by atoms with Crippen LogP contribution in [0.15, 0.2) is 28.9 Å². The van der Waals surface area contributed by atoms with Gasteiger partial charge in [0.05, 0.1) is 0 Å². The van der Waals surface area contributed by atoms with E-state index in [4.69, 9.17) is 15.0 Å². The van der Waals surface area contributed by atoms with Gasteiger partial charge in [0.25, 0.3) is 0 Å². The lowest BCUT2D eigenvalue weighted by Gasteiger charge is -2.22. The van der Waals surface area contributed by atoms with Crippen molar-refractivity contribution in [1.82, 2.24) is 15.0 Å². The lowest BCUT2D eigenvalue weighted by Crippen LogP contribution is -2.23. The number of aliphatic imine (C=N–C) groups is 1. The van der Waals surface area contributed by atoms with Gasteiger partial charge in [0.15, 0.2) is 0 Å². The van der Waals surface area contributed by atoms with Crippen molar-refractivity contribution in [3.8, 4) is 0 Å². The normalized spacial score (nSPS) is 20.8. The van der Waals surface area contributed by atoms with Crippen LogP contribution < -0.4 is 10.6 Å². The van der Waals surface area contributed by atoms with Crippen molar-refractivity contribution in [3.63, 3.8) is 0 Å². The molecule has 0 unspecified atom stereocenters. The summed E-state index contributed by atoms with van der Waals surface area (Å²) in [4.78, 5) is 18.8. The van der Waals surface area contributed by atoms with Crippen LogP contribution >= 0.6 is 0 Å². The van der Waals surface area contributed by atoms with Gasteiger partial charge in [0.2, 0.25) is 11.9 Å². The number of hydrogen-bond donors (Lipinski definition) is 2. The molecule has 2 saturated carbocycles. The molecule has 0 atom stereocenters. The fourth-order valence-electron chi connectivity index (χ4n) is 5.15. The van der Waals surface area contributed by atoms with E-state index in [1.807, 2.05) is 25.2 Å². The predicted octanol–water partition coefficient (Wildman–Crippen LogP) is 7.58. The van der Waals surface area contributed by atoms with E-state index in [1.54, 1.807) is 13.3 Å². The first kappa shape index (κ1) is 26.4. The maximum atomic E-state index is 5.00. The van der Waals surface area contributed by atoms with Gasteiger partial charge >= 0.3 is 0 Å². The van der Waals surface area contributed by atoms with Crippen LogP contribution in [0.3, 0.4) is 0 Å². The number of allylic oxidation sites excluding steroid dienone is 3. The fourth-order valence-corrected chi connectivity index (χ4v) is 5.15. The molecule has 1 aromatic heterocycles. The molecule has 0 aliphatic heterocycles. The van der Waals surface area contributed by atoms with Crippen molar-refractivity contribution in [2.45, 2.75) is 122 Å². The first-order chi connectivity index (χ1) is 16.8. The average Bonchev–Trinajstić information content (AvgIpc) is 2.81. The molecule has 3 rings (SSSR count). The first-order valence-corrected chi connectivity index (χ1v) is 13.8. The summed E-state index contributed by atoms with van der Waals surface area (Å²) >= 11 is 0. The molecule has 2 N–H and O–H groups in total. The molecule has 0 radical (unpaired) electrons. The number of hydrogen-bond acceptors (Lipinski definition) is 6. The summed E-state index contributed by atoms with van der Waals surface area (Å²) in [6.07, 6.45) is 28.5. The second-order valence-electron chi connectivity index (χ2n) is 9.93. The summed E-state index contributed by atoms with van der Waals surface area (Å²) in [5.41, 5.74) is 0.924. The Bertz CT molecular complexity index is 782. The Balaban J connectivity index is 1.84. The van der Waals surface area contributed by atoms with E-state index in [2.05, 4.69) is 15.6 Å². The summed E-state index contributed by atoms with van der Waals surface area (Å²) in [6.45, 7) is 2.01. The van der Waals surface area contributed by atoms with Gasteiger partial charge in [-0.1, -0.05) is 83.1 Å². The molecule has 34 heavy (non-hydrogen) atoms. The molecule has 2 fully saturated rings. The van der Waals surface area contributed by atoms with Gasteiger partial charge in [-0.25, -0.2) is 0 Å². The molecular weight excluding hydrogens is 420 g/mol. The zero-order chi connectivity index (χ0) is 23.8. The molecular formula is C28H46N6. The standard InChI is InChI=1S/C28H46N6/c1-3-16-24(21-22-29-2)30-27-32-26(23-17-12-8-7-9-13-18-23)33-28(34-27)31-25-19-14-10-5-4-6-11-15-20-25/h3,16,21-23,25H,4-15,17-20H2,1-2H3,(H2,30,31,32,33,34)/b16-3-,24-21+,29-22-. The second-order valence-corrected chi connectivity index (χ2v) is 9.93. The van der Waals surface area contributed by atoms with E-state index >= 15 is 0 Å². The average molecular weight is 467 g/mol. The molecule has 0 bridgehead atoms. The molecule has 188 valence electrons. The summed E-state index contributed by atoms with van der Waals surface area (Å²) < 4.78 is 0. The van der Waals surface area contributed by atoms with E-state index in [-0.39, 0.29) is 0 Å². The van der Waals surface area contributed by atoms with Crippen molar-refractivity contribution in [1.29, 1.82) is 0 Å². The molecule has 1 aromatic rings. The predicted molar refractivity (Wildman–Crippen MR) is 145 cm³/mol. The Morgan fingerprint density at radius 1 is 0.765 bits per heavy atom. The van der Waals surface area contributed by atoms with Gasteiger partial charge in [-0.05, 0) is 44.8 Å². The molecule has 0 aromatic carbocycles. The minimum absolute atomic E-state index is 0.416. The lowest BCUT2D eigenvalue weighted by molar-refractivity contribution is 0.441. The Hall–Kier alpha value is -2.24. The Labute approximate surface area is 207 Å². The SMILES string of the molecule is C\C=C/C(=C\C=N/C)Nc1nc(NC2CCCCCCCCC2)nc(C2CCCCCCC2)n1. The van der Waals surface area contributed by atoms with E-state index < -0.39 is 0 Å². The first-order valence-electron chi connectivity index (χ1n) is 13.8. The van der Waals surface area contributed by atoms with Crippen molar-refractivity contribution >= 4 is 18.1 Å². The lowest BCUT2D eigenvalue weighted by atomic mass is 9.90. The van der Waals surface area contributed by atoms with E-state index in [0.717, 1.165) is 17.5 Å². The maximum absolute atomic E-state index is 5.00. The number of aromatic nitrogens is 3. The van der Waals surface area contributed by atoms with Crippen LogP contribution in [0.5, 0.6) is 0 Å². The van der Waals surface area contributed by atoms with Crippen LogP contribution in [-0.2, 0) is 0 Å². The highest BCUT2D eigenvalue weighted by atomic mass is 15.2. The van der Waals surface area contributed by atoms with Gasteiger partial charge < -0.3 is 10.6 Å². The van der Waals surface area contributed by atoms with Gasteiger partial charge in [-0.15, -0.1) is 0 Å². The van der Waals surface area contributed by atoms with Crippen LogP contribution in [0.1, 0.15) is 121 Å². The molecule has 2 aliphatic carbocycles. The quantitative estimate of drug-likeness (QED) is 0.320. The third-order valence-electron chi connectivity index (χ3n) is 7.07. The van der Waals surface area contributed by atoms with E-state index in [9.17, 15) is 0 Å². The number of rotatable bonds is 7. The molecule has 0 amide bonds. The largest absolute Gasteiger partial charge is 0.351 e. The molecule has 6 nitrogen and oxygen atoms in total. The van der Waals surface area contributed by atoms with Gasteiger partial charge in [0, 0.05) is 30.9 Å². The number of nitrogens with zero attached hydrogens (tertiary/aromatic N) is 4.